The Morgan fingerprint density at radius 3 is 2.42 bits per heavy atom. The molecule has 0 spiro atoms. The summed E-state index contributed by atoms with van der Waals surface area (Å²) < 4.78 is 2.29. The quantitative estimate of drug-likeness (QED) is 0.268. The molecule has 7 heteroatoms. The predicted octanol–water partition coefficient (Wildman–Crippen LogP) is 5.29. The van der Waals surface area contributed by atoms with Crippen LogP contribution in [-0.2, 0) is 16.1 Å². The van der Waals surface area contributed by atoms with Gasteiger partial charge in [-0.15, -0.1) is 11.8 Å². The highest BCUT2D eigenvalue weighted by atomic mass is 32.2. The molecular weight excluding hydrogens is 468 g/mol. The number of rotatable bonds is 7. The molecule has 6 rings (SSSR count). The summed E-state index contributed by atoms with van der Waals surface area (Å²) in [6.45, 7) is 4.34. The maximum atomic E-state index is 13.2. The fourth-order valence-corrected chi connectivity index (χ4v) is 6.40. The second kappa shape index (κ2) is 9.64. The molecular formula is C29H30N4O2S. The van der Waals surface area contributed by atoms with Gasteiger partial charge in [-0.2, -0.15) is 0 Å². The highest BCUT2D eigenvalue weighted by Gasteiger charge is 2.35. The zero-order valence-corrected chi connectivity index (χ0v) is 21.3. The number of para-hydroxylation sites is 2. The number of amides is 2. The van der Waals surface area contributed by atoms with Gasteiger partial charge in [0.05, 0.1) is 16.7 Å². The fraction of sp³-hybridized carbons (Fsp3) is 0.310. The molecule has 2 aromatic heterocycles. The van der Waals surface area contributed by atoms with Gasteiger partial charge in [-0.25, -0.2) is 0 Å². The molecule has 2 aliphatic rings. The molecule has 2 aliphatic heterocycles. The number of H-pyrrole nitrogens is 1. The summed E-state index contributed by atoms with van der Waals surface area (Å²) in [7, 11) is 0. The lowest BCUT2D eigenvalue weighted by Crippen LogP contribution is -2.31. The van der Waals surface area contributed by atoms with Crippen molar-refractivity contribution in [2.24, 2.45) is 0 Å². The Hall–Kier alpha value is -3.29. The number of likely N-dealkylation sites (tertiary alicyclic amines) is 1. The Kier molecular flexibility index (Phi) is 6.19. The van der Waals surface area contributed by atoms with Crippen LogP contribution in [0.3, 0.4) is 0 Å². The van der Waals surface area contributed by atoms with E-state index in [1.165, 1.54) is 37.2 Å². The SMILES string of the molecule is CSc1cccc2c(C3=C(c4c[nH]c5ccccc45)C(=O)NC3=O)cn(CCCN3CCCCC3)c12. The van der Waals surface area contributed by atoms with E-state index in [1.54, 1.807) is 11.8 Å². The molecule has 4 aromatic rings. The van der Waals surface area contributed by atoms with Gasteiger partial charge in [0.25, 0.3) is 11.8 Å². The summed E-state index contributed by atoms with van der Waals surface area (Å²) in [5.74, 6) is -0.672. The first kappa shape index (κ1) is 23.1. The van der Waals surface area contributed by atoms with E-state index < -0.39 is 0 Å². The summed E-state index contributed by atoms with van der Waals surface area (Å²) >= 11 is 1.71. The molecule has 2 N–H and O–H groups in total. The minimum Gasteiger partial charge on any atom is -0.361 e. The molecule has 0 radical (unpaired) electrons. The molecule has 6 nitrogen and oxygen atoms in total. The van der Waals surface area contributed by atoms with Crippen LogP contribution in [0.5, 0.6) is 0 Å². The Bertz CT molecular complexity index is 1510. The maximum absolute atomic E-state index is 13.2. The van der Waals surface area contributed by atoms with E-state index in [0.717, 1.165) is 52.4 Å². The molecule has 0 saturated carbocycles. The van der Waals surface area contributed by atoms with E-state index in [2.05, 4.69) is 44.4 Å². The molecule has 0 bridgehead atoms. The van der Waals surface area contributed by atoms with Gasteiger partial charge in [-0.3, -0.25) is 14.9 Å². The highest BCUT2D eigenvalue weighted by Crippen LogP contribution is 2.40. The molecule has 0 aliphatic carbocycles. The number of nitrogens with zero attached hydrogens (tertiary/aromatic N) is 2. The van der Waals surface area contributed by atoms with Gasteiger partial charge in [-0.05, 0) is 57.3 Å². The summed E-state index contributed by atoms with van der Waals surface area (Å²) in [4.78, 5) is 33.3. The summed E-state index contributed by atoms with van der Waals surface area (Å²) in [5, 5.41) is 4.52. The number of aromatic nitrogens is 2. The van der Waals surface area contributed by atoms with Crippen LogP contribution < -0.4 is 5.32 Å². The zero-order chi connectivity index (χ0) is 24.6. The molecule has 2 amide bonds. The standard InChI is InChI=1S/C29H30N4O2S/c1-36-24-12-7-10-20-22(18-33(27(20)24)16-8-15-32-13-5-2-6-14-32)26-25(28(34)31-29(26)35)21-17-30-23-11-4-3-9-19(21)23/h3-4,7,9-12,17-18,30H,2,5-6,8,13-16H2,1H3,(H,31,34,35). The number of nitrogens with one attached hydrogen (secondary N) is 2. The van der Waals surface area contributed by atoms with Gasteiger partial charge < -0.3 is 14.5 Å². The first-order valence-corrected chi connectivity index (χ1v) is 13.9. The van der Waals surface area contributed by atoms with Crippen LogP contribution >= 0.6 is 11.8 Å². The van der Waals surface area contributed by atoms with E-state index >= 15 is 0 Å². The van der Waals surface area contributed by atoms with E-state index in [9.17, 15) is 9.59 Å². The highest BCUT2D eigenvalue weighted by molar-refractivity contribution is 7.98. The summed E-state index contributed by atoms with van der Waals surface area (Å²) in [5.41, 5.74) is 4.56. The van der Waals surface area contributed by atoms with Crippen molar-refractivity contribution in [3.05, 3.63) is 66.0 Å². The van der Waals surface area contributed by atoms with Crippen molar-refractivity contribution in [2.45, 2.75) is 37.1 Å². The van der Waals surface area contributed by atoms with Crippen LogP contribution in [0.1, 0.15) is 36.8 Å². The number of carbonyl (C=O) groups is 2. The van der Waals surface area contributed by atoms with Crippen LogP contribution in [-0.4, -0.2) is 52.2 Å². The van der Waals surface area contributed by atoms with E-state index in [0.29, 0.717) is 11.1 Å². The first-order valence-electron chi connectivity index (χ1n) is 12.7. The number of carbonyl (C=O) groups excluding carboxylic acids is 2. The lowest BCUT2D eigenvalue weighted by molar-refractivity contribution is -0.122. The van der Waals surface area contributed by atoms with Gasteiger partial charge in [-0.1, -0.05) is 36.8 Å². The molecule has 4 heterocycles. The van der Waals surface area contributed by atoms with Crippen molar-refractivity contribution in [3.8, 4) is 0 Å². The average molecular weight is 499 g/mol. The number of fused-ring (bicyclic) bond motifs is 2. The number of hydrogen-bond donors (Lipinski definition) is 2. The van der Waals surface area contributed by atoms with Crippen molar-refractivity contribution in [2.75, 3.05) is 25.9 Å². The van der Waals surface area contributed by atoms with Gasteiger partial charge >= 0.3 is 0 Å². The van der Waals surface area contributed by atoms with Crippen LogP contribution in [0.2, 0.25) is 0 Å². The first-order chi connectivity index (χ1) is 17.7. The van der Waals surface area contributed by atoms with E-state index in [4.69, 9.17) is 0 Å². The van der Waals surface area contributed by atoms with Crippen molar-refractivity contribution in [1.82, 2.24) is 19.8 Å². The van der Waals surface area contributed by atoms with Crippen molar-refractivity contribution in [1.29, 1.82) is 0 Å². The largest absolute Gasteiger partial charge is 0.361 e. The molecule has 1 saturated heterocycles. The molecule has 36 heavy (non-hydrogen) atoms. The van der Waals surface area contributed by atoms with Crippen LogP contribution in [0, 0.1) is 0 Å². The number of piperidine rings is 1. The van der Waals surface area contributed by atoms with Gasteiger partial charge in [0, 0.05) is 51.2 Å². The molecule has 184 valence electrons. The number of aromatic amines is 1. The topological polar surface area (TPSA) is 70.1 Å². The maximum Gasteiger partial charge on any atom is 0.259 e. The van der Waals surface area contributed by atoms with Crippen molar-refractivity contribution >= 4 is 56.5 Å². The average Bonchev–Trinajstić information content (AvgIpc) is 3.57. The lowest BCUT2D eigenvalue weighted by Gasteiger charge is -2.26. The van der Waals surface area contributed by atoms with Gasteiger partial charge in [0.15, 0.2) is 0 Å². The Balaban J connectivity index is 1.46. The van der Waals surface area contributed by atoms with Crippen LogP contribution in [0.4, 0.5) is 0 Å². The minimum absolute atomic E-state index is 0.331. The second-order valence-corrected chi connectivity index (χ2v) is 10.5. The lowest BCUT2D eigenvalue weighted by atomic mass is 9.95. The molecule has 1 fully saturated rings. The Morgan fingerprint density at radius 1 is 0.861 bits per heavy atom. The van der Waals surface area contributed by atoms with Crippen molar-refractivity contribution in [3.63, 3.8) is 0 Å². The monoisotopic (exact) mass is 498 g/mol. The third-order valence-electron chi connectivity index (χ3n) is 7.46. The number of aryl methyl sites for hydroxylation is 1. The number of thioether (sulfide) groups is 1. The normalized spacial score (nSPS) is 17.0. The third-order valence-corrected chi connectivity index (χ3v) is 8.23. The number of imide groups is 1. The van der Waals surface area contributed by atoms with Crippen molar-refractivity contribution < 1.29 is 9.59 Å². The smallest absolute Gasteiger partial charge is 0.259 e. The predicted molar refractivity (Wildman–Crippen MR) is 147 cm³/mol. The fourth-order valence-electron chi connectivity index (χ4n) is 5.76. The molecule has 0 unspecified atom stereocenters. The third kappa shape index (κ3) is 3.96. The Morgan fingerprint density at radius 2 is 1.61 bits per heavy atom. The number of benzene rings is 2. The Labute approximate surface area is 214 Å². The molecule has 0 atom stereocenters. The van der Waals surface area contributed by atoms with E-state index in [1.807, 2.05) is 36.5 Å². The van der Waals surface area contributed by atoms with Gasteiger partial charge in [0.1, 0.15) is 0 Å². The summed E-state index contributed by atoms with van der Waals surface area (Å²) in [6.07, 6.45) is 11.0. The minimum atomic E-state index is -0.341. The number of hydrogen-bond acceptors (Lipinski definition) is 4. The zero-order valence-electron chi connectivity index (χ0n) is 20.5. The van der Waals surface area contributed by atoms with Crippen LogP contribution in [0.15, 0.2) is 59.8 Å². The summed E-state index contributed by atoms with van der Waals surface area (Å²) in [6, 6.07) is 14.1. The van der Waals surface area contributed by atoms with Crippen LogP contribution in [0.25, 0.3) is 33.0 Å². The second-order valence-electron chi connectivity index (χ2n) is 9.63. The molecule has 2 aromatic carbocycles. The van der Waals surface area contributed by atoms with E-state index in [-0.39, 0.29) is 11.8 Å². The van der Waals surface area contributed by atoms with Gasteiger partial charge in [0.2, 0.25) is 0 Å².